The first-order chi connectivity index (χ1) is 5.74. The van der Waals surface area contributed by atoms with Gasteiger partial charge in [0.05, 0.1) is 0 Å². The highest BCUT2D eigenvalue weighted by atomic mass is 79.9. The second kappa shape index (κ2) is 5.23. The fraction of sp³-hybridized carbons (Fsp3) is 1.00. The third-order valence-electron chi connectivity index (χ3n) is 2.71. The molecule has 2 heteroatoms. The number of likely N-dealkylation sites (tertiary alicyclic amines) is 1. The lowest BCUT2D eigenvalue weighted by Crippen LogP contribution is -2.40. The van der Waals surface area contributed by atoms with Crippen molar-refractivity contribution >= 4 is 15.9 Å². The number of unbranched alkanes of at least 4 members (excludes halogenated alkanes) is 1. The van der Waals surface area contributed by atoms with Crippen LogP contribution < -0.4 is 0 Å². The summed E-state index contributed by atoms with van der Waals surface area (Å²) in [6.07, 6.45) is 4.01. The molecule has 0 amide bonds. The Kier molecular flexibility index (Phi) is 4.59. The van der Waals surface area contributed by atoms with Crippen molar-refractivity contribution in [2.45, 2.75) is 37.9 Å². The predicted octanol–water partition coefficient (Wildman–Crippen LogP) is 2.89. The average molecular weight is 234 g/mol. The van der Waals surface area contributed by atoms with Crippen molar-refractivity contribution in [1.82, 2.24) is 4.90 Å². The minimum Gasteiger partial charge on any atom is -0.303 e. The summed E-state index contributed by atoms with van der Waals surface area (Å²) in [4.78, 5) is 3.36. The molecule has 0 aromatic heterocycles. The molecule has 1 nitrogen and oxygen atoms in total. The molecule has 1 aliphatic heterocycles. The highest BCUT2D eigenvalue weighted by Crippen LogP contribution is 2.23. The van der Waals surface area contributed by atoms with E-state index in [1.165, 1.54) is 38.9 Å². The van der Waals surface area contributed by atoms with E-state index in [0.717, 1.165) is 10.7 Å². The van der Waals surface area contributed by atoms with Crippen LogP contribution in [0.4, 0.5) is 0 Å². The molecule has 0 saturated carbocycles. The second-order valence-corrected chi connectivity index (χ2v) is 5.11. The van der Waals surface area contributed by atoms with Gasteiger partial charge in [0.25, 0.3) is 0 Å². The summed E-state index contributed by atoms with van der Waals surface area (Å²) in [5, 5.41) is 0. The molecule has 2 unspecified atom stereocenters. The van der Waals surface area contributed by atoms with Gasteiger partial charge in [-0.1, -0.05) is 36.2 Å². The summed E-state index contributed by atoms with van der Waals surface area (Å²) in [7, 11) is 0. The number of hydrogen-bond donors (Lipinski definition) is 0. The molecular weight excluding hydrogens is 214 g/mol. The van der Waals surface area contributed by atoms with Gasteiger partial charge in [-0.05, 0) is 31.8 Å². The SMILES string of the molecule is CCCCN1CCC(Br)C(C)C1. The molecule has 0 aliphatic carbocycles. The molecule has 0 bridgehead atoms. The van der Waals surface area contributed by atoms with Crippen LogP contribution in [0.1, 0.15) is 33.1 Å². The van der Waals surface area contributed by atoms with E-state index < -0.39 is 0 Å². The van der Waals surface area contributed by atoms with Crippen molar-refractivity contribution in [1.29, 1.82) is 0 Å². The fourth-order valence-corrected chi connectivity index (χ4v) is 2.16. The summed E-state index contributed by atoms with van der Waals surface area (Å²) < 4.78 is 0. The topological polar surface area (TPSA) is 3.24 Å². The lowest BCUT2D eigenvalue weighted by atomic mass is 10.00. The number of halogens is 1. The molecule has 1 fully saturated rings. The van der Waals surface area contributed by atoms with Crippen molar-refractivity contribution < 1.29 is 0 Å². The van der Waals surface area contributed by atoms with Crippen LogP contribution in [0.2, 0.25) is 0 Å². The first-order valence-corrected chi connectivity index (χ1v) is 6.02. The van der Waals surface area contributed by atoms with Gasteiger partial charge in [-0.15, -0.1) is 0 Å². The van der Waals surface area contributed by atoms with Crippen LogP contribution in [-0.2, 0) is 0 Å². The summed E-state index contributed by atoms with van der Waals surface area (Å²) >= 11 is 3.72. The maximum Gasteiger partial charge on any atom is 0.0195 e. The molecule has 0 aromatic carbocycles. The normalized spacial score (nSPS) is 32.2. The Bertz CT molecular complexity index is 125. The molecular formula is C10H20BrN. The number of nitrogens with zero attached hydrogens (tertiary/aromatic N) is 1. The summed E-state index contributed by atoms with van der Waals surface area (Å²) in [5.41, 5.74) is 0. The van der Waals surface area contributed by atoms with Crippen LogP contribution in [0, 0.1) is 5.92 Å². The highest BCUT2D eigenvalue weighted by Gasteiger charge is 2.22. The Morgan fingerprint density at radius 3 is 2.83 bits per heavy atom. The first-order valence-electron chi connectivity index (χ1n) is 5.10. The van der Waals surface area contributed by atoms with Gasteiger partial charge in [-0.3, -0.25) is 0 Å². The van der Waals surface area contributed by atoms with E-state index in [9.17, 15) is 0 Å². The molecule has 1 saturated heterocycles. The monoisotopic (exact) mass is 233 g/mol. The minimum atomic E-state index is 0.760. The lowest BCUT2D eigenvalue weighted by molar-refractivity contribution is 0.189. The molecule has 0 radical (unpaired) electrons. The van der Waals surface area contributed by atoms with Crippen LogP contribution in [-0.4, -0.2) is 29.4 Å². The Balaban J connectivity index is 2.21. The largest absolute Gasteiger partial charge is 0.303 e. The van der Waals surface area contributed by atoms with E-state index in [0.29, 0.717) is 0 Å². The molecule has 0 N–H and O–H groups in total. The molecule has 1 rings (SSSR count). The predicted molar refractivity (Wildman–Crippen MR) is 57.8 cm³/mol. The molecule has 72 valence electrons. The van der Waals surface area contributed by atoms with Crippen LogP contribution in [0.15, 0.2) is 0 Å². The quantitative estimate of drug-likeness (QED) is 0.679. The summed E-state index contributed by atoms with van der Waals surface area (Å²) in [5.74, 6) is 0.829. The zero-order chi connectivity index (χ0) is 8.97. The van der Waals surface area contributed by atoms with Crippen LogP contribution in [0.5, 0.6) is 0 Å². The van der Waals surface area contributed by atoms with Crippen molar-refractivity contribution in [3.8, 4) is 0 Å². The van der Waals surface area contributed by atoms with Gasteiger partial charge < -0.3 is 4.90 Å². The molecule has 1 aliphatic rings. The Morgan fingerprint density at radius 1 is 1.50 bits per heavy atom. The molecule has 12 heavy (non-hydrogen) atoms. The van der Waals surface area contributed by atoms with Gasteiger partial charge in [0.1, 0.15) is 0 Å². The van der Waals surface area contributed by atoms with Gasteiger partial charge in [-0.2, -0.15) is 0 Å². The third kappa shape index (κ3) is 3.06. The highest BCUT2D eigenvalue weighted by molar-refractivity contribution is 9.09. The Morgan fingerprint density at radius 2 is 2.25 bits per heavy atom. The molecule has 0 spiro atoms. The number of piperidine rings is 1. The van der Waals surface area contributed by atoms with Gasteiger partial charge in [0.2, 0.25) is 0 Å². The maximum atomic E-state index is 3.72. The van der Waals surface area contributed by atoms with Crippen LogP contribution >= 0.6 is 15.9 Å². The number of hydrogen-bond acceptors (Lipinski definition) is 1. The Labute approximate surface area is 84.6 Å². The van der Waals surface area contributed by atoms with Crippen molar-refractivity contribution in [2.24, 2.45) is 5.92 Å². The zero-order valence-electron chi connectivity index (χ0n) is 8.22. The van der Waals surface area contributed by atoms with Crippen molar-refractivity contribution in [3.63, 3.8) is 0 Å². The second-order valence-electron chi connectivity index (χ2n) is 3.94. The Hall–Kier alpha value is 0.440. The molecule has 2 atom stereocenters. The van der Waals surface area contributed by atoms with Gasteiger partial charge in [0, 0.05) is 11.4 Å². The molecule has 0 aromatic rings. The van der Waals surface area contributed by atoms with E-state index in [2.05, 4.69) is 34.7 Å². The summed E-state index contributed by atoms with van der Waals surface area (Å²) in [6.45, 7) is 8.49. The van der Waals surface area contributed by atoms with E-state index in [1.54, 1.807) is 0 Å². The van der Waals surface area contributed by atoms with Crippen LogP contribution in [0.25, 0.3) is 0 Å². The van der Waals surface area contributed by atoms with Gasteiger partial charge >= 0.3 is 0 Å². The standard InChI is InChI=1S/C10H20BrN/c1-3-4-6-12-7-5-10(11)9(2)8-12/h9-10H,3-8H2,1-2H3. The van der Waals surface area contributed by atoms with E-state index >= 15 is 0 Å². The summed E-state index contributed by atoms with van der Waals surface area (Å²) in [6, 6.07) is 0. The van der Waals surface area contributed by atoms with Crippen molar-refractivity contribution in [3.05, 3.63) is 0 Å². The van der Waals surface area contributed by atoms with Gasteiger partial charge in [-0.25, -0.2) is 0 Å². The van der Waals surface area contributed by atoms with E-state index in [-0.39, 0.29) is 0 Å². The maximum absolute atomic E-state index is 3.72. The van der Waals surface area contributed by atoms with E-state index in [1.807, 2.05) is 0 Å². The van der Waals surface area contributed by atoms with Crippen molar-refractivity contribution in [2.75, 3.05) is 19.6 Å². The number of alkyl halides is 1. The fourth-order valence-electron chi connectivity index (χ4n) is 1.79. The number of rotatable bonds is 3. The third-order valence-corrected chi connectivity index (χ3v) is 4.07. The van der Waals surface area contributed by atoms with E-state index in [4.69, 9.17) is 0 Å². The van der Waals surface area contributed by atoms with Gasteiger partial charge in [0.15, 0.2) is 0 Å². The minimum absolute atomic E-state index is 0.760. The van der Waals surface area contributed by atoms with Crippen LogP contribution in [0.3, 0.4) is 0 Å². The smallest absolute Gasteiger partial charge is 0.0195 e. The zero-order valence-corrected chi connectivity index (χ0v) is 9.81. The lowest BCUT2D eigenvalue weighted by Gasteiger charge is -2.34. The first kappa shape index (κ1) is 10.5. The average Bonchev–Trinajstić information content (AvgIpc) is 2.07. The molecule has 1 heterocycles.